The number of H-pyrrole nitrogens is 1. The van der Waals surface area contributed by atoms with Crippen LogP contribution in [0.15, 0.2) is 46.3 Å². The van der Waals surface area contributed by atoms with Crippen LogP contribution in [0.25, 0.3) is 22.6 Å². The van der Waals surface area contributed by atoms with E-state index in [0.29, 0.717) is 22.9 Å². The van der Waals surface area contributed by atoms with Gasteiger partial charge in [-0.15, -0.1) is 0 Å². The summed E-state index contributed by atoms with van der Waals surface area (Å²) in [5, 5.41) is 16.1. The van der Waals surface area contributed by atoms with Crippen molar-refractivity contribution in [2.75, 3.05) is 11.6 Å². The zero-order valence-corrected chi connectivity index (χ0v) is 19.2. The third-order valence-corrected chi connectivity index (χ3v) is 6.30. The minimum absolute atomic E-state index is 0.297. The molecule has 1 aliphatic rings. The van der Waals surface area contributed by atoms with Crippen LogP contribution in [0.1, 0.15) is 37.3 Å². The van der Waals surface area contributed by atoms with Crippen LogP contribution < -0.4 is 5.32 Å². The van der Waals surface area contributed by atoms with Gasteiger partial charge in [0.1, 0.15) is 17.2 Å². The number of nitrogens with one attached hydrogen (secondary N) is 2. The van der Waals surface area contributed by atoms with Crippen LogP contribution in [0.4, 0.5) is 5.82 Å². The van der Waals surface area contributed by atoms with Crippen molar-refractivity contribution in [1.82, 2.24) is 30.3 Å². The number of hydrogen-bond acceptors (Lipinski definition) is 8. The molecule has 4 aromatic heterocycles. The van der Waals surface area contributed by atoms with Crippen molar-refractivity contribution in [2.45, 2.75) is 44.8 Å². The molecular formula is C23H25N7OS. The first-order valence-corrected chi connectivity index (χ1v) is 11.8. The first-order chi connectivity index (χ1) is 15.5. The lowest BCUT2D eigenvalue weighted by Crippen LogP contribution is -2.22. The standard InChI is InChI=1S/C23H25N7OS/c1-23(2)7-6-16-19(11-23)28-29-21(16)18-10-20(27-22(26-18)32-3)25-13-15-9-17(30-31-15)14-5-4-8-24-12-14/h4-5,8-10,12H,6-7,11,13H2,1-3H3,(H,28,29)(H,25,26,27). The van der Waals surface area contributed by atoms with Crippen molar-refractivity contribution < 1.29 is 4.52 Å². The molecule has 0 radical (unpaired) electrons. The molecule has 5 rings (SSSR count). The minimum Gasteiger partial charge on any atom is -0.363 e. The van der Waals surface area contributed by atoms with Crippen LogP contribution in [0.3, 0.4) is 0 Å². The van der Waals surface area contributed by atoms with Gasteiger partial charge in [-0.1, -0.05) is 30.8 Å². The normalized spacial score (nSPS) is 14.8. The molecule has 32 heavy (non-hydrogen) atoms. The molecule has 0 bridgehead atoms. The highest BCUT2D eigenvalue weighted by Gasteiger charge is 2.29. The molecule has 1 aliphatic carbocycles. The lowest BCUT2D eigenvalue weighted by atomic mass is 9.76. The van der Waals surface area contributed by atoms with Gasteiger partial charge in [0, 0.05) is 41.3 Å². The van der Waals surface area contributed by atoms with E-state index in [2.05, 4.69) is 44.5 Å². The van der Waals surface area contributed by atoms with Crippen molar-refractivity contribution in [3.8, 4) is 22.6 Å². The maximum absolute atomic E-state index is 5.49. The highest BCUT2D eigenvalue weighted by molar-refractivity contribution is 7.98. The van der Waals surface area contributed by atoms with E-state index in [1.807, 2.05) is 30.5 Å². The Bertz CT molecular complexity index is 1230. The van der Waals surface area contributed by atoms with Crippen molar-refractivity contribution in [1.29, 1.82) is 0 Å². The van der Waals surface area contributed by atoms with Crippen LogP contribution in [0.5, 0.6) is 0 Å². The van der Waals surface area contributed by atoms with E-state index in [4.69, 9.17) is 9.51 Å². The molecular weight excluding hydrogens is 422 g/mol. The quantitative estimate of drug-likeness (QED) is 0.322. The van der Waals surface area contributed by atoms with Gasteiger partial charge in [-0.3, -0.25) is 10.1 Å². The Balaban J connectivity index is 1.37. The number of aromatic amines is 1. The number of fused-ring (bicyclic) bond motifs is 1. The summed E-state index contributed by atoms with van der Waals surface area (Å²) in [6.07, 6.45) is 8.63. The zero-order chi connectivity index (χ0) is 22.1. The van der Waals surface area contributed by atoms with Gasteiger partial charge in [0.15, 0.2) is 10.9 Å². The van der Waals surface area contributed by atoms with E-state index in [0.717, 1.165) is 47.7 Å². The molecule has 0 aromatic carbocycles. The predicted octanol–water partition coefficient (Wildman–Crippen LogP) is 4.77. The van der Waals surface area contributed by atoms with E-state index in [9.17, 15) is 0 Å². The molecule has 9 heteroatoms. The van der Waals surface area contributed by atoms with E-state index >= 15 is 0 Å². The first kappa shape index (κ1) is 20.7. The molecule has 0 spiro atoms. The van der Waals surface area contributed by atoms with Crippen molar-refractivity contribution >= 4 is 17.6 Å². The van der Waals surface area contributed by atoms with Gasteiger partial charge in [0.2, 0.25) is 0 Å². The van der Waals surface area contributed by atoms with Gasteiger partial charge in [-0.25, -0.2) is 9.97 Å². The fraction of sp³-hybridized carbons (Fsp3) is 0.348. The molecule has 0 saturated heterocycles. The van der Waals surface area contributed by atoms with Crippen LogP contribution >= 0.6 is 11.8 Å². The first-order valence-electron chi connectivity index (χ1n) is 10.6. The van der Waals surface area contributed by atoms with Crippen molar-refractivity contribution in [3.63, 3.8) is 0 Å². The summed E-state index contributed by atoms with van der Waals surface area (Å²) in [5.74, 6) is 1.45. The molecule has 2 N–H and O–H groups in total. The second-order valence-electron chi connectivity index (χ2n) is 8.77. The topological polar surface area (TPSA) is 105 Å². The van der Waals surface area contributed by atoms with Crippen LogP contribution in [0, 0.1) is 5.41 Å². The van der Waals surface area contributed by atoms with E-state index in [1.54, 1.807) is 12.4 Å². The van der Waals surface area contributed by atoms with Gasteiger partial charge in [0.25, 0.3) is 0 Å². The third kappa shape index (κ3) is 4.25. The van der Waals surface area contributed by atoms with Gasteiger partial charge in [-0.2, -0.15) is 5.10 Å². The summed E-state index contributed by atoms with van der Waals surface area (Å²) in [6.45, 7) is 5.07. The maximum atomic E-state index is 5.49. The summed E-state index contributed by atoms with van der Waals surface area (Å²) in [4.78, 5) is 13.5. The highest BCUT2D eigenvalue weighted by atomic mass is 32.2. The summed E-state index contributed by atoms with van der Waals surface area (Å²) < 4.78 is 5.49. The second-order valence-corrected chi connectivity index (χ2v) is 9.54. The second kappa shape index (κ2) is 8.38. The van der Waals surface area contributed by atoms with Gasteiger partial charge >= 0.3 is 0 Å². The molecule has 164 valence electrons. The van der Waals surface area contributed by atoms with Crippen LogP contribution in [0.2, 0.25) is 0 Å². The summed E-state index contributed by atoms with van der Waals surface area (Å²) in [5.41, 5.74) is 6.23. The number of nitrogens with zero attached hydrogens (tertiary/aromatic N) is 5. The molecule has 8 nitrogen and oxygen atoms in total. The SMILES string of the molecule is CSc1nc(NCc2cc(-c3cccnc3)no2)cc(-c2n[nH]c3c2CCC(C)(C)C3)n1. The van der Waals surface area contributed by atoms with Gasteiger partial charge in [0.05, 0.1) is 12.2 Å². The Kier molecular flexibility index (Phi) is 5.42. The summed E-state index contributed by atoms with van der Waals surface area (Å²) in [6, 6.07) is 7.69. The summed E-state index contributed by atoms with van der Waals surface area (Å²) in [7, 11) is 0. The van der Waals surface area contributed by atoms with E-state index < -0.39 is 0 Å². The lowest BCUT2D eigenvalue weighted by Gasteiger charge is -2.29. The average molecular weight is 448 g/mol. The molecule has 0 fully saturated rings. The molecule has 0 aliphatic heterocycles. The zero-order valence-electron chi connectivity index (χ0n) is 18.3. The minimum atomic E-state index is 0.297. The average Bonchev–Trinajstić information content (AvgIpc) is 3.44. The maximum Gasteiger partial charge on any atom is 0.189 e. The Morgan fingerprint density at radius 2 is 2.12 bits per heavy atom. The Morgan fingerprint density at radius 1 is 1.22 bits per heavy atom. The number of anilines is 1. The molecule has 4 heterocycles. The van der Waals surface area contributed by atoms with Crippen LogP contribution in [-0.2, 0) is 19.4 Å². The van der Waals surface area contributed by atoms with Crippen molar-refractivity contribution in [2.24, 2.45) is 5.41 Å². The number of thioether (sulfide) groups is 1. The number of hydrogen-bond donors (Lipinski definition) is 2. The fourth-order valence-electron chi connectivity index (χ4n) is 4.01. The molecule has 0 unspecified atom stereocenters. The number of pyridine rings is 1. The summed E-state index contributed by atoms with van der Waals surface area (Å²) >= 11 is 1.51. The molecule has 0 atom stereocenters. The largest absolute Gasteiger partial charge is 0.363 e. The van der Waals surface area contributed by atoms with Gasteiger partial charge < -0.3 is 9.84 Å². The van der Waals surface area contributed by atoms with E-state index in [-0.39, 0.29) is 0 Å². The van der Waals surface area contributed by atoms with E-state index in [1.165, 1.54) is 23.0 Å². The number of aromatic nitrogens is 6. The molecule has 0 saturated carbocycles. The van der Waals surface area contributed by atoms with Crippen LogP contribution in [-0.4, -0.2) is 36.6 Å². The predicted molar refractivity (Wildman–Crippen MR) is 124 cm³/mol. The lowest BCUT2D eigenvalue weighted by molar-refractivity contribution is 0.312. The Labute approximate surface area is 190 Å². The molecule has 4 aromatic rings. The highest BCUT2D eigenvalue weighted by Crippen LogP contribution is 2.37. The van der Waals surface area contributed by atoms with Crippen molar-refractivity contribution in [3.05, 3.63) is 53.7 Å². The monoisotopic (exact) mass is 447 g/mol. The smallest absolute Gasteiger partial charge is 0.189 e. The fourth-order valence-corrected chi connectivity index (χ4v) is 4.39. The Hall–Kier alpha value is -3.20. The van der Waals surface area contributed by atoms with Gasteiger partial charge in [-0.05, 0) is 43.1 Å². The molecule has 0 amide bonds. The Morgan fingerprint density at radius 3 is 2.94 bits per heavy atom. The third-order valence-electron chi connectivity index (χ3n) is 5.75. The number of rotatable bonds is 6.